The van der Waals surface area contributed by atoms with E-state index in [0.717, 1.165) is 27.7 Å². The van der Waals surface area contributed by atoms with Gasteiger partial charge in [0.25, 0.3) is 0 Å². The summed E-state index contributed by atoms with van der Waals surface area (Å²) in [5, 5.41) is 42.4. The zero-order chi connectivity index (χ0) is 21.5. The van der Waals surface area contributed by atoms with E-state index in [2.05, 4.69) is 15.9 Å². The summed E-state index contributed by atoms with van der Waals surface area (Å²) in [4.78, 5) is 48.6. The van der Waals surface area contributed by atoms with Gasteiger partial charge in [0.1, 0.15) is 17.2 Å². The molecule has 4 N–H and O–H groups in total. The highest BCUT2D eigenvalue weighted by molar-refractivity contribution is 9.09. The van der Waals surface area contributed by atoms with Gasteiger partial charge in [-0.1, -0.05) is 15.9 Å². The van der Waals surface area contributed by atoms with Crippen LogP contribution in [0.25, 0.3) is 0 Å². The molecule has 27 heavy (non-hydrogen) atoms. The minimum absolute atomic E-state index is 0.721. The van der Waals surface area contributed by atoms with Crippen molar-refractivity contribution in [3.8, 4) is 0 Å². The van der Waals surface area contributed by atoms with Crippen molar-refractivity contribution in [1.82, 2.24) is 0 Å². The molecule has 0 amide bonds. The van der Waals surface area contributed by atoms with Gasteiger partial charge in [0.15, 0.2) is 35.0 Å². The maximum Gasteiger partial charge on any atom is 0.213 e. The molecular formula is C16H23BrO10. The van der Waals surface area contributed by atoms with Crippen molar-refractivity contribution < 1.29 is 49.1 Å². The third-order valence-corrected chi connectivity index (χ3v) is 4.94. The topological polar surface area (TPSA) is 168 Å². The zero-order valence-electron chi connectivity index (χ0n) is 15.4. The third-order valence-electron chi connectivity index (χ3n) is 4.72. The number of aliphatic hydroxyl groups is 4. The Morgan fingerprint density at radius 2 is 1.41 bits per heavy atom. The van der Waals surface area contributed by atoms with Crippen molar-refractivity contribution >= 4 is 39.1 Å². The summed E-state index contributed by atoms with van der Waals surface area (Å²) < 4.78 is 10.5. The second-order valence-electron chi connectivity index (χ2n) is 6.53. The third kappa shape index (κ3) is 3.31. The highest BCUT2D eigenvalue weighted by Gasteiger charge is 2.79. The Morgan fingerprint density at radius 3 is 1.70 bits per heavy atom. The monoisotopic (exact) mass is 454 g/mol. The molecule has 1 fully saturated rings. The van der Waals surface area contributed by atoms with Gasteiger partial charge >= 0.3 is 0 Å². The van der Waals surface area contributed by atoms with Gasteiger partial charge < -0.3 is 29.9 Å². The number of carbonyl (C=O) groups is 4. The first kappa shape index (κ1) is 24.0. The van der Waals surface area contributed by atoms with Crippen molar-refractivity contribution in [2.45, 2.75) is 74.9 Å². The van der Waals surface area contributed by atoms with E-state index in [1.165, 1.54) is 6.92 Å². The van der Waals surface area contributed by atoms with Gasteiger partial charge in [0.2, 0.25) is 11.2 Å². The molecule has 1 heterocycles. The van der Waals surface area contributed by atoms with Crippen LogP contribution in [-0.4, -0.2) is 83.9 Å². The van der Waals surface area contributed by atoms with Gasteiger partial charge in [-0.2, -0.15) is 0 Å². The predicted octanol–water partition coefficient (Wildman–Crippen LogP) is -1.62. The first-order valence-corrected chi connectivity index (χ1v) is 8.85. The molecule has 0 aromatic heterocycles. The number of ether oxygens (including phenoxy) is 2. The number of rotatable bonds is 7. The van der Waals surface area contributed by atoms with Crippen molar-refractivity contribution in [3.63, 3.8) is 0 Å². The first-order valence-electron chi connectivity index (χ1n) is 7.93. The van der Waals surface area contributed by atoms with Gasteiger partial charge in [-0.25, -0.2) is 0 Å². The van der Waals surface area contributed by atoms with Crippen LogP contribution in [0.4, 0.5) is 0 Å². The molecule has 1 aliphatic heterocycles. The average molecular weight is 455 g/mol. The standard InChI is InChI=1S/C16H23BrO10/c1-6(18)11(22)12-14(23,7(2)19)16(25,9(4)21)15(24,8(3)20)13(27-12)26-10(5)17/h10-13,22-25H,1-5H3/t10?,11?,12-,13?,14-,15-,16+/m1/s1. The number of alkyl halides is 1. The second-order valence-corrected chi connectivity index (χ2v) is 7.82. The van der Waals surface area contributed by atoms with Crippen LogP contribution in [-0.2, 0) is 28.7 Å². The van der Waals surface area contributed by atoms with Gasteiger partial charge in [0, 0.05) is 0 Å². The Kier molecular flexibility index (Phi) is 6.87. The SMILES string of the molecule is CC(=O)C(O)[C@H]1OC(OC(C)Br)[C@](O)(C(C)=O)[C@](O)(C(C)=O)[C@@]1(O)C(C)=O. The summed E-state index contributed by atoms with van der Waals surface area (Å²) >= 11 is 2.98. The number of carbonyl (C=O) groups excluding carboxylic acids is 4. The van der Waals surface area contributed by atoms with Crippen LogP contribution in [0.5, 0.6) is 0 Å². The molecule has 1 saturated heterocycles. The van der Waals surface area contributed by atoms with Crippen molar-refractivity contribution in [1.29, 1.82) is 0 Å². The molecule has 0 saturated carbocycles. The number of hydrogen-bond acceptors (Lipinski definition) is 10. The number of halogens is 1. The molecule has 0 bridgehead atoms. The van der Waals surface area contributed by atoms with Crippen molar-refractivity contribution in [2.75, 3.05) is 0 Å². The molecule has 10 nitrogen and oxygen atoms in total. The summed E-state index contributed by atoms with van der Waals surface area (Å²) in [5.74, 6) is -4.92. The summed E-state index contributed by atoms with van der Waals surface area (Å²) in [6.07, 6.45) is -6.51. The van der Waals surface area contributed by atoms with Crippen LogP contribution in [0.3, 0.4) is 0 Å². The highest BCUT2D eigenvalue weighted by Crippen LogP contribution is 2.48. The van der Waals surface area contributed by atoms with Gasteiger partial charge in [-0.3, -0.25) is 19.2 Å². The van der Waals surface area contributed by atoms with E-state index in [1.54, 1.807) is 0 Å². The fourth-order valence-corrected chi connectivity index (χ4v) is 3.42. The van der Waals surface area contributed by atoms with Crippen LogP contribution >= 0.6 is 15.9 Å². The summed E-state index contributed by atoms with van der Waals surface area (Å²) in [6.45, 7) is 4.56. The van der Waals surface area contributed by atoms with Gasteiger partial charge in [0.05, 0.1) is 0 Å². The predicted molar refractivity (Wildman–Crippen MR) is 91.7 cm³/mol. The van der Waals surface area contributed by atoms with E-state index in [9.17, 15) is 39.6 Å². The zero-order valence-corrected chi connectivity index (χ0v) is 17.0. The molecule has 0 spiro atoms. The van der Waals surface area contributed by atoms with Crippen LogP contribution < -0.4 is 0 Å². The lowest BCUT2D eigenvalue weighted by molar-refractivity contribution is -0.373. The van der Waals surface area contributed by atoms with E-state index in [0.29, 0.717) is 0 Å². The largest absolute Gasteiger partial charge is 0.382 e. The molecule has 1 rings (SSSR count). The molecule has 0 aliphatic carbocycles. The maximum absolute atomic E-state index is 12.4. The Morgan fingerprint density at radius 1 is 0.963 bits per heavy atom. The van der Waals surface area contributed by atoms with Crippen molar-refractivity contribution in [3.05, 3.63) is 0 Å². The molecule has 0 radical (unpaired) electrons. The number of Topliss-reactive ketones (excluding diaryl/α,β-unsaturated/α-hetero) is 4. The molecule has 0 aromatic rings. The fourth-order valence-electron chi connectivity index (χ4n) is 3.23. The molecule has 0 aromatic carbocycles. The summed E-state index contributed by atoms with van der Waals surface area (Å²) in [5.41, 5.74) is -10.0. The average Bonchev–Trinajstić information content (AvgIpc) is 2.53. The van der Waals surface area contributed by atoms with Crippen LogP contribution in [0.1, 0.15) is 34.6 Å². The number of ketones is 4. The Bertz CT molecular complexity index is 664. The van der Waals surface area contributed by atoms with Gasteiger partial charge in [-0.15, -0.1) is 0 Å². The second kappa shape index (κ2) is 7.74. The van der Waals surface area contributed by atoms with Gasteiger partial charge in [-0.05, 0) is 34.6 Å². The minimum Gasteiger partial charge on any atom is -0.382 e. The lowest BCUT2D eigenvalue weighted by atomic mass is 9.60. The molecular weight excluding hydrogens is 432 g/mol. The van der Waals surface area contributed by atoms with Crippen LogP contribution in [0, 0.1) is 0 Å². The first-order chi connectivity index (χ1) is 12.1. The lowest BCUT2D eigenvalue weighted by Gasteiger charge is -2.58. The maximum atomic E-state index is 12.4. The molecule has 1 aliphatic rings. The number of hydrogen-bond donors (Lipinski definition) is 4. The van der Waals surface area contributed by atoms with E-state index in [4.69, 9.17) is 9.47 Å². The van der Waals surface area contributed by atoms with E-state index < -0.39 is 63.4 Å². The van der Waals surface area contributed by atoms with E-state index in [-0.39, 0.29) is 0 Å². The molecule has 7 atom stereocenters. The number of aliphatic hydroxyl groups excluding tert-OH is 1. The molecule has 3 unspecified atom stereocenters. The quantitative estimate of drug-likeness (QED) is 0.328. The lowest BCUT2D eigenvalue weighted by Crippen LogP contribution is -2.87. The van der Waals surface area contributed by atoms with E-state index in [1.807, 2.05) is 0 Å². The smallest absolute Gasteiger partial charge is 0.213 e. The summed E-state index contributed by atoms with van der Waals surface area (Å²) in [6, 6.07) is 0. The van der Waals surface area contributed by atoms with Crippen LogP contribution in [0.15, 0.2) is 0 Å². The normalized spacial score (nSPS) is 38.7. The Labute approximate surface area is 163 Å². The van der Waals surface area contributed by atoms with Crippen LogP contribution in [0.2, 0.25) is 0 Å². The fraction of sp³-hybridized carbons (Fsp3) is 0.750. The molecule has 11 heteroatoms. The highest BCUT2D eigenvalue weighted by atomic mass is 79.9. The van der Waals surface area contributed by atoms with E-state index >= 15 is 0 Å². The molecule has 154 valence electrons. The Hall–Kier alpha value is -1.08. The minimum atomic E-state index is -3.48. The Balaban J connectivity index is 3.92. The van der Waals surface area contributed by atoms with Crippen molar-refractivity contribution in [2.24, 2.45) is 0 Å². The summed E-state index contributed by atoms with van der Waals surface area (Å²) in [7, 11) is 0.